The normalized spacial score (nSPS) is 10.4. The van der Waals surface area contributed by atoms with Crippen molar-refractivity contribution < 1.29 is 8.69 Å². The van der Waals surface area contributed by atoms with E-state index in [9.17, 15) is 0 Å². The maximum atomic E-state index is 5.47. The Kier molecular flexibility index (Phi) is 3.58. The van der Waals surface area contributed by atoms with Crippen molar-refractivity contribution in [1.82, 2.24) is 13.9 Å². The van der Waals surface area contributed by atoms with Gasteiger partial charge in [0.25, 0.3) is 0 Å². The summed E-state index contributed by atoms with van der Waals surface area (Å²) in [5.41, 5.74) is 2.01. The highest BCUT2D eigenvalue weighted by molar-refractivity contribution is 9.10. The number of aryl methyl sites for hydroxylation is 2. The molecule has 0 unspecified atom stereocenters. The summed E-state index contributed by atoms with van der Waals surface area (Å²) in [7, 11) is 3.34. The fraction of sp³-hybridized carbons (Fsp3) is 0.300. The van der Waals surface area contributed by atoms with E-state index in [4.69, 9.17) is 8.69 Å². The largest absolute Gasteiger partial charge is 0.465 e. The molecule has 92 valence electrons. The molecule has 0 saturated heterocycles. The summed E-state index contributed by atoms with van der Waals surface area (Å²) in [5, 5.41) is 4.19. The number of nitrogens with zero attached hydrogens (tertiary/aromatic N) is 3. The number of ether oxygens (including phenoxy) is 1. The molecule has 2 rings (SSSR count). The molecule has 0 bridgehead atoms. The van der Waals surface area contributed by atoms with E-state index in [1.807, 2.05) is 25.1 Å². The maximum Gasteiger partial charge on any atom is 0.350 e. The van der Waals surface area contributed by atoms with Crippen molar-refractivity contribution in [3.8, 4) is 11.7 Å². The predicted octanol–water partition coefficient (Wildman–Crippen LogP) is 3.07. The average Bonchev–Trinajstić information content (AvgIpc) is 2.32. The summed E-state index contributed by atoms with van der Waals surface area (Å²) in [5.74, 6) is 0. The van der Waals surface area contributed by atoms with Gasteiger partial charge >= 0.3 is 6.01 Å². The summed E-state index contributed by atoms with van der Waals surface area (Å²) < 4.78 is 14.8. The van der Waals surface area contributed by atoms with E-state index in [-0.39, 0.29) is 0 Å². The number of rotatable bonds is 2. The van der Waals surface area contributed by atoms with Crippen LogP contribution in [0, 0.1) is 6.92 Å². The lowest BCUT2D eigenvalue weighted by atomic mass is 10.2. The first kappa shape index (κ1) is 12.3. The summed E-state index contributed by atoms with van der Waals surface area (Å²) >= 11 is 4.61. The zero-order valence-corrected chi connectivity index (χ0v) is 12.1. The molecule has 0 fully saturated rings. The molecular weight excluding hydrogens is 306 g/mol. The van der Waals surface area contributed by atoms with Gasteiger partial charge in [0.05, 0.1) is 12.8 Å². The summed E-state index contributed by atoms with van der Waals surface area (Å²) in [6.45, 7) is 2.03. The highest BCUT2D eigenvalue weighted by atomic mass is 79.9. The SMILES string of the molecule is COc1nn(C)son1-c1ccc(C)c(Br)c1. The zero-order valence-electron chi connectivity index (χ0n) is 9.68. The minimum absolute atomic E-state index is 0.391. The van der Waals surface area contributed by atoms with Crippen LogP contribution < -0.4 is 4.74 Å². The number of aromatic nitrogens is 3. The average molecular weight is 318 g/mol. The van der Waals surface area contributed by atoms with Crippen molar-refractivity contribution in [3.63, 3.8) is 0 Å². The van der Waals surface area contributed by atoms with Crippen LogP contribution >= 0.6 is 27.8 Å². The van der Waals surface area contributed by atoms with Crippen molar-refractivity contribution in [2.75, 3.05) is 7.11 Å². The van der Waals surface area contributed by atoms with Crippen LogP contribution in [0.2, 0.25) is 0 Å². The zero-order chi connectivity index (χ0) is 12.4. The van der Waals surface area contributed by atoms with Gasteiger partial charge in [-0.15, -0.1) is 9.84 Å². The van der Waals surface area contributed by atoms with Crippen LogP contribution in [0.5, 0.6) is 6.01 Å². The molecule has 7 heteroatoms. The van der Waals surface area contributed by atoms with Crippen molar-refractivity contribution in [2.45, 2.75) is 6.92 Å². The quantitative estimate of drug-likeness (QED) is 0.855. The van der Waals surface area contributed by atoms with Gasteiger partial charge in [0.15, 0.2) is 11.8 Å². The van der Waals surface area contributed by atoms with E-state index >= 15 is 0 Å². The molecule has 0 spiro atoms. The van der Waals surface area contributed by atoms with Gasteiger partial charge in [-0.1, -0.05) is 22.0 Å². The number of methoxy groups -OCH3 is 1. The highest BCUT2D eigenvalue weighted by Gasteiger charge is 2.08. The van der Waals surface area contributed by atoms with Gasteiger partial charge in [-0.05, 0) is 24.6 Å². The smallest absolute Gasteiger partial charge is 0.350 e. The maximum absolute atomic E-state index is 5.47. The third-order valence-electron chi connectivity index (χ3n) is 2.19. The van der Waals surface area contributed by atoms with Gasteiger partial charge in [0.2, 0.25) is 0 Å². The third-order valence-corrected chi connectivity index (χ3v) is 3.56. The minimum Gasteiger partial charge on any atom is -0.465 e. The first-order chi connectivity index (χ1) is 8.11. The fourth-order valence-electron chi connectivity index (χ4n) is 1.28. The van der Waals surface area contributed by atoms with E-state index < -0.39 is 0 Å². The van der Waals surface area contributed by atoms with Crippen LogP contribution in [-0.4, -0.2) is 21.0 Å². The lowest BCUT2D eigenvalue weighted by Crippen LogP contribution is -2.06. The number of benzene rings is 1. The fourth-order valence-corrected chi connectivity index (χ4v) is 2.06. The van der Waals surface area contributed by atoms with Gasteiger partial charge in [-0.2, -0.15) is 4.07 Å². The first-order valence-corrected chi connectivity index (χ1v) is 6.38. The van der Waals surface area contributed by atoms with Gasteiger partial charge in [0, 0.05) is 11.5 Å². The number of hydrogen-bond donors (Lipinski definition) is 0. The van der Waals surface area contributed by atoms with Gasteiger partial charge in [-0.25, -0.2) is 0 Å². The molecule has 0 aliphatic heterocycles. The van der Waals surface area contributed by atoms with Crippen LogP contribution in [0.3, 0.4) is 0 Å². The van der Waals surface area contributed by atoms with Crippen molar-refractivity contribution in [1.29, 1.82) is 0 Å². The number of halogens is 1. The molecule has 5 nitrogen and oxygen atoms in total. The summed E-state index contributed by atoms with van der Waals surface area (Å²) in [6.07, 6.45) is 0. The van der Waals surface area contributed by atoms with Crippen LogP contribution in [0.25, 0.3) is 5.69 Å². The molecule has 1 heterocycles. The molecular formula is C10H12BrN3O2S. The van der Waals surface area contributed by atoms with Crippen molar-refractivity contribution in [2.24, 2.45) is 7.05 Å². The van der Waals surface area contributed by atoms with Gasteiger partial charge in [0.1, 0.15) is 0 Å². The van der Waals surface area contributed by atoms with Crippen molar-refractivity contribution in [3.05, 3.63) is 28.2 Å². The van der Waals surface area contributed by atoms with Crippen LogP contribution in [0.4, 0.5) is 0 Å². The topological polar surface area (TPSA) is 45.1 Å². The van der Waals surface area contributed by atoms with E-state index in [2.05, 4.69) is 21.0 Å². The molecule has 0 atom stereocenters. The van der Waals surface area contributed by atoms with Crippen molar-refractivity contribution >= 4 is 27.8 Å². The molecule has 2 aromatic rings. The van der Waals surface area contributed by atoms with E-state index in [1.165, 1.54) is 4.74 Å². The van der Waals surface area contributed by atoms with Crippen LogP contribution in [0.15, 0.2) is 26.6 Å². The van der Waals surface area contributed by atoms with Crippen LogP contribution in [-0.2, 0) is 7.05 Å². The Balaban J connectivity index is 2.55. The molecule has 0 amide bonds. The molecule has 0 N–H and O–H groups in total. The Bertz CT molecular complexity index is 565. The van der Waals surface area contributed by atoms with E-state index in [1.54, 1.807) is 18.2 Å². The third kappa shape index (κ3) is 2.55. The Morgan fingerprint density at radius 1 is 1.47 bits per heavy atom. The highest BCUT2D eigenvalue weighted by Crippen LogP contribution is 2.22. The van der Waals surface area contributed by atoms with E-state index in [0.717, 1.165) is 27.6 Å². The molecule has 0 saturated carbocycles. The second kappa shape index (κ2) is 4.97. The Morgan fingerprint density at radius 2 is 2.24 bits per heavy atom. The second-order valence-corrected chi connectivity index (χ2v) is 5.11. The molecule has 1 aromatic carbocycles. The summed E-state index contributed by atoms with van der Waals surface area (Å²) in [6, 6.07) is 6.29. The Hall–Kier alpha value is -1.21. The monoisotopic (exact) mass is 317 g/mol. The second-order valence-electron chi connectivity index (χ2n) is 3.43. The molecule has 0 aliphatic carbocycles. The number of hydrogen-bond acceptors (Lipinski definition) is 4. The Morgan fingerprint density at radius 3 is 2.88 bits per heavy atom. The molecule has 0 aliphatic rings. The molecule has 1 aromatic heterocycles. The minimum atomic E-state index is 0.391. The standard InChI is InChI=1S/C10H12BrN3O2S/c1-7-4-5-8(6-9(7)11)14-10(15-3)12-13(2)17-16-14/h4-6H,1-3H3. The Labute approximate surface area is 111 Å². The molecule has 17 heavy (non-hydrogen) atoms. The van der Waals surface area contributed by atoms with Gasteiger partial charge < -0.3 is 4.74 Å². The molecule has 0 radical (unpaired) electrons. The lowest BCUT2D eigenvalue weighted by Gasteiger charge is -2.10. The predicted molar refractivity (Wildman–Crippen MR) is 69.3 cm³/mol. The lowest BCUT2D eigenvalue weighted by molar-refractivity contribution is 0.274. The summed E-state index contributed by atoms with van der Waals surface area (Å²) in [4.78, 5) is 0. The van der Waals surface area contributed by atoms with E-state index in [0.29, 0.717) is 6.01 Å². The first-order valence-electron chi connectivity index (χ1n) is 4.89. The van der Waals surface area contributed by atoms with Gasteiger partial charge in [-0.3, -0.25) is 3.96 Å². The van der Waals surface area contributed by atoms with Crippen LogP contribution in [0.1, 0.15) is 5.56 Å².